The maximum absolute atomic E-state index is 12.3. The van der Waals surface area contributed by atoms with Crippen molar-refractivity contribution in [2.45, 2.75) is 25.0 Å². The number of benzene rings is 1. The minimum absolute atomic E-state index is 0.151. The van der Waals surface area contributed by atoms with Crippen LogP contribution in [0.25, 0.3) is 0 Å². The number of rotatable bonds is 3. The van der Waals surface area contributed by atoms with Crippen LogP contribution >= 0.6 is 22.9 Å². The SMILES string of the molecule is Cc1cccc(NS(=O)(=O)c2sc(Cl)nc2C)c1C. The molecule has 1 N–H and O–H groups in total. The predicted octanol–water partition coefficient (Wildman–Crippen LogP) is 3.52. The van der Waals surface area contributed by atoms with Crippen LogP contribution in [0, 0.1) is 20.8 Å². The Kier molecular flexibility index (Phi) is 3.85. The van der Waals surface area contributed by atoms with Gasteiger partial charge in [-0.1, -0.05) is 35.1 Å². The van der Waals surface area contributed by atoms with Gasteiger partial charge in [0.25, 0.3) is 10.0 Å². The fourth-order valence-electron chi connectivity index (χ4n) is 1.65. The van der Waals surface area contributed by atoms with Crippen molar-refractivity contribution < 1.29 is 8.42 Å². The molecule has 0 atom stereocenters. The van der Waals surface area contributed by atoms with E-state index in [9.17, 15) is 8.42 Å². The molecule has 0 spiro atoms. The molecule has 4 nitrogen and oxygen atoms in total. The lowest BCUT2D eigenvalue weighted by atomic mass is 10.1. The second-order valence-corrected chi connectivity index (χ2v) is 7.65. The first-order valence-electron chi connectivity index (χ1n) is 5.53. The highest BCUT2D eigenvalue weighted by Crippen LogP contribution is 2.29. The molecule has 0 radical (unpaired) electrons. The van der Waals surface area contributed by atoms with Crippen LogP contribution in [0.5, 0.6) is 0 Å². The summed E-state index contributed by atoms with van der Waals surface area (Å²) in [6, 6.07) is 5.48. The van der Waals surface area contributed by atoms with E-state index in [1.165, 1.54) is 0 Å². The highest BCUT2D eigenvalue weighted by molar-refractivity contribution is 7.94. The maximum Gasteiger partial charge on any atom is 0.273 e. The number of anilines is 1. The standard InChI is InChI=1S/C12H13ClN2O2S2/c1-7-5-4-6-10(8(7)2)15-19(16,17)11-9(3)14-12(13)18-11/h4-6,15H,1-3H3. The Morgan fingerprint density at radius 2 is 1.95 bits per heavy atom. The van der Waals surface area contributed by atoms with Crippen molar-refractivity contribution in [3.8, 4) is 0 Å². The predicted molar refractivity (Wildman–Crippen MR) is 78.6 cm³/mol. The molecule has 19 heavy (non-hydrogen) atoms. The molecule has 0 aliphatic carbocycles. The monoisotopic (exact) mass is 316 g/mol. The van der Waals surface area contributed by atoms with Gasteiger partial charge >= 0.3 is 0 Å². The third-order valence-corrected chi connectivity index (χ3v) is 6.06. The molecule has 0 unspecified atom stereocenters. The van der Waals surface area contributed by atoms with Crippen molar-refractivity contribution in [3.05, 3.63) is 39.5 Å². The average Bonchev–Trinajstić information content (AvgIpc) is 2.65. The Balaban J connectivity index is 2.42. The summed E-state index contributed by atoms with van der Waals surface area (Å²) in [5.74, 6) is 0. The molecule has 7 heteroatoms. The van der Waals surface area contributed by atoms with Crippen molar-refractivity contribution in [1.82, 2.24) is 4.98 Å². The van der Waals surface area contributed by atoms with Gasteiger partial charge in [0, 0.05) is 0 Å². The van der Waals surface area contributed by atoms with Crippen LogP contribution in [0.4, 0.5) is 5.69 Å². The number of sulfonamides is 1. The molecule has 1 aromatic carbocycles. The van der Waals surface area contributed by atoms with Gasteiger partial charge in [-0.25, -0.2) is 13.4 Å². The smallest absolute Gasteiger partial charge is 0.273 e. The van der Waals surface area contributed by atoms with Gasteiger partial charge in [0.2, 0.25) is 0 Å². The van der Waals surface area contributed by atoms with Gasteiger partial charge in [0.15, 0.2) is 8.68 Å². The molecule has 0 amide bonds. The van der Waals surface area contributed by atoms with Gasteiger partial charge in [0.05, 0.1) is 11.4 Å². The average molecular weight is 317 g/mol. The van der Waals surface area contributed by atoms with E-state index in [0.29, 0.717) is 11.4 Å². The minimum atomic E-state index is -3.64. The summed E-state index contributed by atoms with van der Waals surface area (Å²) in [6.45, 7) is 5.43. The highest BCUT2D eigenvalue weighted by Gasteiger charge is 2.22. The third-order valence-electron chi connectivity index (χ3n) is 2.82. The summed E-state index contributed by atoms with van der Waals surface area (Å²) in [6.07, 6.45) is 0. The van der Waals surface area contributed by atoms with E-state index in [1.807, 2.05) is 26.0 Å². The first kappa shape index (κ1) is 14.3. The summed E-state index contributed by atoms with van der Waals surface area (Å²) in [7, 11) is -3.64. The lowest BCUT2D eigenvalue weighted by molar-refractivity contribution is 0.602. The Morgan fingerprint density at radius 3 is 2.53 bits per heavy atom. The van der Waals surface area contributed by atoms with Gasteiger partial charge in [-0.15, -0.1) is 0 Å². The Morgan fingerprint density at radius 1 is 1.26 bits per heavy atom. The molecule has 2 rings (SSSR count). The summed E-state index contributed by atoms with van der Waals surface area (Å²) < 4.78 is 27.6. The van der Waals surface area contributed by atoms with Crippen LogP contribution in [-0.2, 0) is 10.0 Å². The van der Waals surface area contributed by atoms with Crippen LogP contribution in [0.15, 0.2) is 22.4 Å². The number of hydrogen-bond donors (Lipinski definition) is 1. The molecule has 0 bridgehead atoms. The summed E-state index contributed by atoms with van der Waals surface area (Å²) >= 11 is 6.70. The van der Waals surface area contributed by atoms with Crippen molar-refractivity contribution in [2.24, 2.45) is 0 Å². The minimum Gasteiger partial charge on any atom is -0.279 e. The lowest BCUT2D eigenvalue weighted by Gasteiger charge is -2.11. The zero-order chi connectivity index (χ0) is 14.2. The summed E-state index contributed by atoms with van der Waals surface area (Å²) in [4.78, 5) is 3.92. The molecule has 0 saturated carbocycles. The number of halogens is 1. The lowest BCUT2D eigenvalue weighted by Crippen LogP contribution is -2.13. The summed E-state index contributed by atoms with van der Waals surface area (Å²) in [5.41, 5.74) is 2.91. The zero-order valence-electron chi connectivity index (χ0n) is 10.7. The van der Waals surface area contributed by atoms with Crippen LogP contribution in [0.2, 0.25) is 4.47 Å². The van der Waals surface area contributed by atoms with Crippen LogP contribution in [0.1, 0.15) is 16.8 Å². The molecule has 0 fully saturated rings. The topological polar surface area (TPSA) is 59.1 Å². The molecule has 102 valence electrons. The Bertz CT molecular complexity index is 723. The normalized spacial score (nSPS) is 11.6. The number of aromatic nitrogens is 1. The van der Waals surface area contributed by atoms with E-state index in [-0.39, 0.29) is 8.68 Å². The molecular weight excluding hydrogens is 304 g/mol. The Labute approximate surface area is 121 Å². The molecule has 0 saturated heterocycles. The number of aryl methyl sites for hydroxylation is 2. The molecule has 1 heterocycles. The Hall–Kier alpha value is -1.11. The second kappa shape index (κ2) is 5.11. The van der Waals surface area contributed by atoms with Gasteiger partial charge in [-0.2, -0.15) is 0 Å². The van der Waals surface area contributed by atoms with Gasteiger partial charge in [0.1, 0.15) is 0 Å². The van der Waals surface area contributed by atoms with Crippen LogP contribution in [-0.4, -0.2) is 13.4 Å². The first-order chi connectivity index (χ1) is 8.81. The third kappa shape index (κ3) is 2.91. The number of nitrogens with one attached hydrogen (secondary N) is 1. The number of thiazole rings is 1. The van der Waals surface area contributed by atoms with Crippen molar-refractivity contribution in [2.75, 3.05) is 4.72 Å². The molecule has 0 aliphatic rings. The van der Waals surface area contributed by atoms with E-state index in [0.717, 1.165) is 22.5 Å². The van der Waals surface area contributed by atoms with E-state index in [4.69, 9.17) is 11.6 Å². The van der Waals surface area contributed by atoms with E-state index < -0.39 is 10.0 Å². The quantitative estimate of drug-likeness (QED) is 0.942. The first-order valence-corrected chi connectivity index (χ1v) is 8.21. The van der Waals surface area contributed by atoms with Crippen molar-refractivity contribution in [1.29, 1.82) is 0 Å². The van der Waals surface area contributed by atoms with Crippen molar-refractivity contribution in [3.63, 3.8) is 0 Å². The molecular formula is C12H13ClN2O2S2. The fourth-order valence-corrected chi connectivity index (χ4v) is 4.52. The zero-order valence-corrected chi connectivity index (χ0v) is 13.1. The highest BCUT2D eigenvalue weighted by atomic mass is 35.5. The number of hydrogen-bond acceptors (Lipinski definition) is 4. The second-order valence-electron chi connectivity index (χ2n) is 4.19. The molecule has 2 aromatic rings. The maximum atomic E-state index is 12.3. The van der Waals surface area contributed by atoms with Crippen molar-refractivity contribution >= 4 is 38.6 Å². The van der Waals surface area contributed by atoms with E-state index >= 15 is 0 Å². The van der Waals surface area contributed by atoms with Gasteiger partial charge in [-0.05, 0) is 38.0 Å². The number of nitrogens with zero attached hydrogens (tertiary/aromatic N) is 1. The largest absolute Gasteiger partial charge is 0.279 e. The fraction of sp³-hybridized carbons (Fsp3) is 0.250. The van der Waals surface area contributed by atoms with E-state index in [1.54, 1.807) is 13.0 Å². The van der Waals surface area contributed by atoms with E-state index in [2.05, 4.69) is 9.71 Å². The summed E-state index contributed by atoms with van der Waals surface area (Å²) in [5, 5.41) is 0. The van der Waals surface area contributed by atoms with Crippen LogP contribution in [0.3, 0.4) is 0 Å². The van der Waals surface area contributed by atoms with Gasteiger partial charge < -0.3 is 0 Å². The molecule has 1 aromatic heterocycles. The van der Waals surface area contributed by atoms with Gasteiger partial charge in [-0.3, -0.25) is 4.72 Å². The molecule has 0 aliphatic heterocycles. The van der Waals surface area contributed by atoms with Crippen LogP contribution < -0.4 is 4.72 Å².